The maximum atomic E-state index is 12.7. The van der Waals surface area contributed by atoms with Gasteiger partial charge in [-0.25, -0.2) is 0 Å². The van der Waals surface area contributed by atoms with E-state index in [-0.39, 0.29) is 12.1 Å². The number of nitrogens with zero attached hydrogens (tertiary/aromatic N) is 1. The fraction of sp³-hybridized carbons (Fsp3) is 0.611. The van der Waals surface area contributed by atoms with Crippen LogP contribution in [-0.4, -0.2) is 30.1 Å². The smallest absolute Gasteiger partial charge is 0.252 e. The van der Waals surface area contributed by atoms with Gasteiger partial charge in [-0.05, 0) is 63.3 Å². The molecule has 0 spiro atoms. The number of hydrogen-bond acceptors (Lipinski definition) is 3. The first-order valence-electron chi connectivity index (χ1n) is 8.56. The lowest BCUT2D eigenvalue weighted by atomic mass is 9.78. The number of fused-ring (bicyclic) bond motifs is 1. The Bertz CT molecular complexity index is 604. The highest BCUT2D eigenvalue weighted by molar-refractivity contribution is 6.33. The normalized spacial score (nSPS) is 28.2. The van der Waals surface area contributed by atoms with Gasteiger partial charge in [-0.1, -0.05) is 24.4 Å². The van der Waals surface area contributed by atoms with Gasteiger partial charge in [0.15, 0.2) is 0 Å². The van der Waals surface area contributed by atoms with Crippen molar-refractivity contribution in [2.75, 3.05) is 12.8 Å². The first kappa shape index (κ1) is 16.6. The van der Waals surface area contributed by atoms with Gasteiger partial charge in [0.25, 0.3) is 5.91 Å². The topological polar surface area (TPSA) is 58.4 Å². The molecule has 3 N–H and O–H groups in total. The van der Waals surface area contributed by atoms with Crippen LogP contribution in [0.3, 0.4) is 0 Å². The highest BCUT2D eigenvalue weighted by atomic mass is 35.5. The standard InChI is InChI=1S/C18H26ClN3O/c1-11-9-15(20)14(19)10-13(11)18(23)21-17-8-7-12-5-3-4-6-16(12)22(17)2/h9-10,12,16-17H,3-8,20H2,1-2H3,(H,21,23)/t12-,16+,17?/m1/s1. The molecule has 2 fully saturated rings. The van der Waals surface area contributed by atoms with Gasteiger partial charge in [0.1, 0.15) is 0 Å². The predicted molar refractivity (Wildman–Crippen MR) is 94.6 cm³/mol. The number of rotatable bonds is 2. The second-order valence-electron chi connectivity index (χ2n) is 7.03. The van der Waals surface area contributed by atoms with Crippen LogP contribution in [0.2, 0.25) is 5.02 Å². The van der Waals surface area contributed by atoms with E-state index in [2.05, 4.69) is 17.3 Å². The summed E-state index contributed by atoms with van der Waals surface area (Å²) < 4.78 is 0. The van der Waals surface area contributed by atoms with Gasteiger partial charge in [0, 0.05) is 11.6 Å². The number of halogens is 1. The molecule has 5 heteroatoms. The summed E-state index contributed by atoms with van der Waals surface area (Å²) in [6.07, 6.45) is 7.58. The lowest BCUT2D eigenvalue weighted by molar-refractivity contribution is 0.0218. The van der Waals surface area contributed by atoms with Crippen molar-refractivity contribution >= 4 is 23.2 Å². The molecule has 3 atom stereocenters. The first-order valence-corrected chi connectivity index (χ1v) is 8.93. The Kier molecular flexibility index (Phi) is 4.83. The van der Waals surface area contributed by atoms with Crippen molar-refractivity contribution in [2.24, 2.45) is 5.92 Å². The molecule has 1 aromatic rings. The van der Waals surface area contributed by atoms with Crippen molar-refractivity contribution in [2.45, 2.75) is 57.7 Å². The van der Waals surface area contributed by atoms with E-state index < -0.39 is 0 Å². The molecule has 1 amide bonds. The van der Waals surface area contributed by atoms with Crippen LogP contribution in [-0.2, 0) is 0 Å². The molecule has 4 nitrogen and oxygen atoms in total. The van der Waals surface area contributed by atoms with Crippen LogP contribution in [0, 0.1) is 12.8 Å². The summed E-state index contributed by atoms with van der Waals surface area (Å²) in [6, 6.07) is 4.05. The van der Waals surface area contributed by atoms with E-state index >= 15 is 0 Å². The Hall–Kier alpha value is -1.26. The molecule has 1 saturated carbocycles. The minimum absolute atomic E-state index is 0.0597. The summed E-state index contributed by atoms with van der Waals surface area (Å²) in [5, 5.41) is 3.63. The number of nitrogens with one attached hydrogen (secondary N) is 1. The summed E-state index contributed by atoms with van der Waals surface area (Å²) in [5.74, 6) is 0.741. The number of anilines is 1. The zero-order chi connectivity index (χ0) is 16.6. The summed E-state index contributed by atoms with van der Waals surface area (Å²) in [5.41, 5.74) is 7.79. The molecule has 0 radical (unpaired) electrons. The summed E-state index contributed by atoms with van der Waals surface area (Å²) >= 11 is 6.08. The number of nitrogen functional groups attached to an aromatic ring is 1. The first-order chi connectivity index (χ1) is 11.0. The molecular formula is C18H26ClN3O. The monoisotopic (exact) mass is 335 g/mol. The Morgan fingerprint density at radius 2 is 2.00 bits per heavy atom. The van der Waals surface area contributed by atoms with Gasteiger partial charge in [0.05, 0.1) is 16.9 Å². The minimum Gasteiger partial charge on any atom is -0.398 e. The van der Waals surface area contributed by atoms with E-state index in [1.165, 1.54) is 32.1 Å². The fourth-order valence-corrected chi connectivity index (χ4v) is 4.38. The number of piperidine rings is 1. The molecule has 2 aliphatic rings. The van der Waals surface area contributed by atoms with Crippen molar-refractivity contribution in [1.29, 1.82) is 0 Å². The lowest BCUT2D eigenvalue weighted by Gasteiger charge is -2.47. The Balaban J connectivity index is 1.71. The van der Waals surface area contributed by atoms with Crippen molar-refractivity contribution in [3.63, 3.8) is 0 Å². The van der Waals surface area contributed by atoms with Gasteiger partial charge in [-0.2, -0.15) is 0 Å². The number of amides is 1. The Morgan fingerprint density at radius 3 is 2.78 bits per heavy atom. The van der Waals surface area contributed by atoms with E-state index in [0.717, 1.165) is 17.9 Å². The van der Waals surface area contributed by atoms with E-state index in [9.17, 15) is 4.79 Å². The highest BCUT2D eigenvalue weighted by Crippen LogP contribution is 2.36. The maximum absolute atomic E-state index is 12.7. The van der Waals surface area contributed by atoms with Crippen LogP contribution < -0.4 is 11.1 Å². The van der Waals surface area contributed by atoms with Crippen LogP contribution in [0.25, 0.3) is 0 Å². The SMILES string of the molecule is Cc1cc(N)c(Cl)cc1C(=O)NC1CC[C@H]2CCCC[C@@H]2N1C. The van der Waals surface area contributed by atoms with E-state index in [1.54, 1.807) is 12.1 Å². The number of nitrogens with two attached hydrogens (primary N) is 1. The average Bonchev–Trinajstić information content (AvgIpc) is 2.53. The van der Waals surface area contributed by atoms with Crippen molar-refractivity contribution in [1.82, 2.24) is 10.2 Å². The number of benzene rings is 1. The molecule has 1 aromatic carbocycles. The fourth-order valence-electron chi connectivity index (χ4n) is 4.22. The maximum Gasteiger partial charge on any atom is 0.252 e. The quantitative estimate of drug-likeness (QED) is 0.812. The van der Waals surface area contributed by atoms with Crippen LogP contribution in [0.1, 0.15) is 54.4 Å². The molecule has 3 rings (SSSR count). The van der Waals surface area contributed by atoms with Crippen molar-refractivity contribution in [3.05, 3.63) is 28.3 Å². The van der Waals surface area contributed by atoms with Gasteiger partial charge < -0.3 is 11.1 Å². The molecular weight excluding hydrogens is 310 g/mol. The predicted octanol–water partition coefficient (Wildman–Crippen LogP) is 3.57. The number of hydrogen-bond donors (Lipinski definition) is 2. The molecule has 23 heavy (non-hydrogen) atoms. The largest absolute Gasteiger partial charge is 0.398 e. The molecule has 1 aliphatic heterocycles. The van der Waals surface area contributed by atoms with Crippen LogP contribution in [0.4, 0.5) is 5.69 Å². The third-order valence-corrected chi connectivity index (χ3v) is 5.91. The Labute approximate surface area is 143 Å². The highest BCUT2D eigenvalue weighted by Gasteiger charge is 2.36. The summed E-state index contributed by atoms with van der Waals surface area (Å²) in [6.45, 7) is 1.89. The molecule has 0 bridgehead atoms. The Morgan fingerprint density at radius 1 is 1.26 bits per heavy atom. The zero-order valence-corrected chi connectivity index (χ0v) is 14.7. The number of carbonyl (C=O) groups is 1. The zero-order valence-electron chi connectivity index (χ0n) is 13.9. The van der Waals surface area contributed by atoms with E-state index in [1.807, 2.05) is 6.92 Å². The van der Waals surface area contributed by atoms with Crippen molar-refractivity contribution in [3.8, 4) is 0 Å². The average molecular weight is 336 g/mol. The molecule has 1 unspecified atom stereocenters. The van der Waals surface area contributed by atoms with Gasteiger partial charge in [-0.3, -0.25) is 9.69 Å². The summed E-state index contributed by atoms with van der Waals surface area (Å²) in [7, 11) is 2.15. The molecule has 1 aliphatic carbocycles. The van der Waals surface area contributed by atoms with Crippen LogP contribution in [0.5, 0.6) is 0 Å². The molecule has 0 aromatic heterocycles. The van der Waals surface area contributed by atoms with Gasteiger partial charge >= 0.3 is 0 Å². The number of aryl methyl sites for hydroxylation is 1. The van der Waals surface area contributed by atoms with Gasteiger partial charge in [-0.15, -0.1) is 0 Å². The third-order valence-electron chi connectivity index (χ3n) is 5.58. The van der Waals surface area contributed by atoms with E-state index in [4.69, 9.17) is 17.3 Å². The van der Waals surface area contributed by atoms with Gasteiger partial charge in [0.2, 0.25) is 0 Å². The van der Waals surface area contributed by atoms with E-state index in [0.29, 0.717) is 22.3 Å². The number of likely N-dealkylation sites (tertiary alicyclic amines) is 1. The minimum atomic E-state index is -0.0597. The second-order valence-corrected chi connectivity index (χ2v) is 7.44. The lowest BCUT2D eigenvalue weighted by Crippen LogP contribution is -2.56. The molecule has 1 saturated heterocycles. The second kappa shape index (κ2) is 6.70. The molecule has 126 valence electrons. The van der Waals surface area contributed by atoms with Crippen molar-refractivity contribution < 1.29 is 4.79 Å². The van der Waals surface area contributed by atoms with Crippen LogP contribution in [0.15, 0.2) is 12.1 Å². The summed E-state index contributed by atoms with van der Waals surface area (Å²) in [4.78, 5) is 15.0. The van der Waals surface area contributed by atoms with Crippen LogP contribution >= 0.6 is 11.6 Å². The molecule has 1 heterocycles. The number of carbonyl (C=O) groups excluding carboxylic acids is 1. The third kappa shape index (κ3) is 3.33.